The molecule has 0 heterocycles. The molecule has 0 aliphatic carbocycles. The Labute approximate surface area is 91.0 Å². The summed E-state index contributed by atoms with van der Waals surface area (Å²) in [5.74, 6) is 1.56. The zero-order chi connectivity index (χ0) is 7.28. The second-order valence-corrected chi connectivity index (χ2v) is 3.07. The zero-order valence-electron chi connectivity index (χ0n) is 7.27. The predicted molar refractivity (Wildman–Crippen MR) is 42.9 cm³/mol. The van der Waals surface area contributed by atoms with Crippen LogP contribution in [0, 0.1) is 25.7 Å². The summed E-state index contributed by atoms with van der Waals surface area (Å²) in [7, 11) is 0. The molecule has 1 radical (unpaired) electrons. The Hall–Kier alpha value is 1.10. The third-order valence-corrected chi connectivity index (χ3v) is 1.62. The monoisotopic (exact) mass is 215 g/mol. The van der Waals surface area contributed by atoms with Gasteiger partial charge in [0.05, 0.1) is 0 Å². The van der Waals surface area contributed by atoms with Gasteiger partial charge in [0.2, 0.25) is 0 Å². The molecule has 59 valence electrons. The van der Waals surface area contributed by atoms with Crippen LogP contribution in [0.3, 0.4) is 0 Å². The molecule has 0 aromatic rings. The SMILES string of the molecule is [CH2-]CC(C[CH2-])CC(C)C.[Y]. The minimum atomic E-state index is 0. The predicted octanol–water partition coefficient (Wildman–Crippen LogP) is 3.09. The van der Waals surface area contributed by atoms with E-state index in [0.29, 0.717) is 0 Å². The molecule has 0 nitrogen and oxygen atoms in total. The molecule has 0 spiro atoms. The van der Waals surface area contributed by atoms with E-state index in [1.54, 1.807) is 0 Å². The quantitative estimate of drug-likeness (QED) is 0.632. The van der Waals surface area contributed by atoms with Crippen molar-refractivity contribution in [3.63, 3.8) is 0 Å². The Kier molecular flexibility index (Phi) is 11.2. The molecule has 0 fully saturated rings. The van der Waals surface area contributed by atoms with Gasteiger partial charge in [-0.2, -0.15) is 12.8 Å². The number of rotatable bonds is 4. The first-order valence-corrected chi connectivity index (χ1v) is 3.79. The third-order valence-electron chi connectivity index (χ3n) is 1.62. The van der Waals surface area contributed by atoms with E-state index < -0.39 is 0 Å². The molecular weight excluding hydrogens is 197 g/mol. The molecule has 0 bridgehead atoms. The van der Waals surface area contributed by atoms with Gasteiger partial charge >= 0.3 is 0 Å². The molecular formula is C9H18Y-2. The van der Waals surface area contributed by atoms with Crippen molar-refractivity contribution in [1.29, 1.82) is 0 Å². The summed E-state index contributed by atoms with van der Waals surface area (Å²) in [4.78, 5) is 0. The topological polar surface area (TPSA) is 0 Å². The van der Waals surface area contributed by atoms with Crippen LogP contribution in [0.2, 0.25) is 0 Å². The normalized spacial score (nSPS) is 10.2. The van der Waals surface area contributed by atoms with Crippen LogP contribution >= 0.6 is 0 Å². The van der Waals surface area contributed by atoms with Crippen LogP contribution in [0.5, 0.6) is 0 Å². The van der Waals surface area contributed by atoms with E-state index in [0.717, 1.165) is 24.7 Å². The standard InChI is InChI=1S/C9H18.Y/c1-5-9(6-2)7-8(3)4;/h8-9H,1-2,5-7H2,3-4H3;/q-2;. The summed E-state index contributed by atoms with van der Waals surface area (Å²) in [6.45, 7) is 12.2. The van der Waals surface area contributed by atoms with E-state index >= 15 is 0 Å². The first-order valence-electron chi connectivity index (χ1n) is 3.79. The van der Waals surface area contributed by atoms with Crippen LogP contribution in [-0.4, -0.2) is 0 Å². The molecule has 0 N–H and O–H groups in total. The van der Waals surface area contributed by atoms with Gasteiger partial charge in [0.15, 0.2) is 0 Å². The maximum atomic E-state index is 3.87. The van der Waals surface area contributed by atoms with Crippen molar-refractivity contribution >= 4 is 0 Å². The van der Waals surface area contributed by atoms with E-state index in [-0.39, 0.29) is 32.7 Å². The molecule has 0 saturated heterocycles. The fraction of sp³-hybridized carbons (Fsp3) is 0.778. The minimum absolute atomic E-state index is 0. The summed E-state index contributed by atoms with van der Waals surface area (Å²) < 4.78 is 0. The van der Waals surface area contributed by atoms with Gasteiger partial charge in [-0.1, -0.05) is 26.2 Å². The van der Waals surface area contributed by atoms with Crippen LogP contribution in [0.1, 0.15) is 33.1 Å². The van der Waals surface area contributed by atoms with Gasteiger partial charge < -0.3 is 13.8 Å². The second kappa shape index (κ2) is 8.20. The fourth-order valence-electron chi connectivity index (χ4n) is 1.05. The number of hydrogen-bond acceptors (Lipinski definition) is 0. The first kappa shape index (κ1) is 13.7. The first-order chi connectivity index (χ1) is 4.20. The molecule has 0 amide bonds. The van der Waals surface area contributed by atoms with Gasteiger partial charge in [-0.25, -0.2) is 0 Å². The Balaban J connectivity index is 0. The molecule has 1 heteroatoms. The molecule has 0 aliphatic rings. The average molecular weight is 215 g/mol. The maximum Gasteiger partial charge on any atom is 0 e. The fourth-order valence-corrected chi connectivity index (χ4v) is 1.05. The maximum absolute atomic E-state index is 3.87. The van der Waals surface area contributed by atoms with Gasteiger partial charge in [0.25, 0.3) is 0 Å². The Bertz CT molecular complexity index is 55.7. The molecule has 0 aromatic carbocycles. The van der Waals surface area contributed by atoms with Gasteiger partial charge in [0, 0.05) is 32.7 Å². The van der Waals surface area contributed by atoms with Gasteiger partial charge in [0.1, 0.15) is 0 Å². The van der Waals surface area contributed by atoms with Crippen LogP contribution in [0.4, 0.5) is 0 Å². The molecule has 0 atom stereocenters. The molecule has 10 heavy (non-hydrogen) atoms. The molecule has 0 aliphatic heterocycles. The largest absolute Gasteiger partial charge is 0.343 e. The summed E-state index contributed by atoms with van der Waals surface area (Å²) in [5.41, 5.74) is 0. The van der Waals surface area contributed by atoms with Gasteiger partial charge in [-0.05, 0) is 5.92 Å². The average Bonchev–Trinajstić information content (AvgIpc) is 1.82. The van der Waals surface area contributed by atoms with Crippen molar-refractivity contribution in [2.24, 2.45) is 11.8 Å². The van der Waals surface area contributed by atoms with Crippen LogP contribution in [-0.2, 0) is 32.7 Å². The van der Waals surface area contributed by atoms with E-state index in [1.807, 2.05) is 0 Å². The Morgan fingerprint density at radius 2 is 1.50 bits per heavy atom. The minimum Gasteiger partial charge on any atom is -0.343 e. The van der Waals surface area contributed by atoms with Crippen molar-refractivity contribution in [2.75, 3.05) is 0 Å². The number of hydrogen-bond donors (Lipinski definition) is 0. The summed E-state index contributed by atoms with van der Waals surface area (Å²) >= 11 is 0. The molecule has 0 unspecified atom stereocenters. The van der Waals surface area contributed by atoms with E-state index in [9.17, 15) is 0 Å². The van der Waals surface area contributed by atoms with Crippen molar-refractivity contribution in [3.05, 3.63) is 13.8 Å². The zero-order valence-corrected chi connectivity index (χ0v) is 10.1. The van der Waals surface area contributed by atoms with Crippen LogP contribution in [0.25, 0.3) is 0 Å². The van der Waals surface area contributed by atoms with Crippen molar-refractivity contribution in [2.45, 2.75) is 33.1 Å². The van der Waals surface area contributed by atoms with E-state index in [2.05, 4.69) is 27.7 Å². The Morgan fingerprint density at radius 1 is 1.10 bits per heavy atom. The second-order valence-electron chi connectivity index (χ2n) is 3.07. The van der Waals surface area contributed by atoms with Crippen molar-refractivity contribution < 1.29 is 32.7 Å². The molecule has 0 aromatic heterocycles. The van der Waals surface area contributed by atoms with Crippen molar-refractivity contribution in [1.82, 2.24) is 0 Å². The molecule has 0 saturated carbocycles. The van der Waals surface area contributed by atoms with E-state index in [1.165, 1.54) is 6.42 Å². The van der Waals surface area contributed by atoms with Gasteiger partial charge in [-0.3, -0.25) is 0 Å². The smallest absolute Gasteiger partial charge is 0 e. The van der Waals surface area contributed by atoms with Crippen LogP contribution < -0.4 is 0 Å². The summed E-state index contributed by atoms with van der Waals surface area (Å²) in [6, 6.07) is 0. The van der Waals surface area contributed by atoms with Gasteiger partial charge in [-0.15, -0.1) is 0 Å². The molecule has 0 rings (SSSR count). The summed E-state index contributed by atoms with van der Waals surface area (Å²) in [6.07, 6.45) is 3.37. The van der Waals surface area contributed by atoms with Crippen LogP contribution in [0.15, 0.2) is 0 Å². The van der Waals surface area contributed by atoms with Crippen molar-refractivity contribution in [3.8, 4) is 0 Å². The third kappa shape index (κ3) is 7.21. The Morgan fingerprint density at radius 3 is 1.60 bits per heavy atom. The summed E-state index contributed by atoms with van der Waals surface area (Å²) in [5, 5.41) is 0. The van der Waals surface area contributed by atoms with E-state index in [4.69, 9.17) is 0 Å².